The number of amides is 2. The summed E-state index contributed by atoms with van der Waals surface area (Å²) in [5.74, 6) is -0.574. The van der Waals surface area contributed by atoms with E-state index in [0.717, 1.165) is 23.2 Å². The lowest BCUT2D eigenvalue weighted by Gasteiger charge is -2.18. The fourth-order valence-corrected chi connectivity index (χ4v) is 3.43. The molecular weight excluding hydrogens is 368 g/mol. The SMILES string of the molecule is CCc1ccccc1NC(=O)CN(C)C(=O)Cn1c(=O)n(CC)c2ccccc21. The lowest BCUT2D eigenvalue weighted by atomic mass is 10.1. The van der Waals surface area contributed by atoms with E-state index in [9.17, 15) is 14.4 Å². The highest BCUT2D eigenvalue weighted by Crippen LogP contribution is 2.15. The fourth-order valence-electron chi connectivity index (χ4n) is 3.43. The molecule has 152 valence electrons. The molecule has 29 heavy (non-hydrogen) atoms. The number of imidazole rings is 1. The van der Waals surface area contributed by atoms with Crippen LogP contribution in [0, 0.1) is 0 Å². The van der Waals surface area contributed by atoms with Crippen LogP contribution in [0.4, 0.5) is 5.69 Å². The van der Waals surface area contributed by atoms with Crippen molar-refractivity contribution in [2.45, 2.75) is 33.4 Å². The van der Waals surface area contributed by atoms with E-state index in [2.05, 4.69) is 5.32 Å². The first kappa shape index (κ1) is 20.4. The van der Waals surface area contributed by atoms with E-state index in [1.54, 1.807) is 11.6 Å². The van der Waals surface area contributed by atoms with Gasteiger partial charge in [0.1, 0.15) is 6.54 Å². The van der Waals surface area contributed by atoms with Crippen molar-refractivity contribution in [1.82, 2.24) is 14.0 Å². The second kappa shape index (κ2) is 8.77. The zero-order valence-corrected chi connectivity index (χ0v) is 17.0. The maximum Gasteiger partial charge on any atom is 0.329 e. The van der Waals surface area contributed by atoms with Crippen LogP contribution in [-0.4, -0.2) is 39.4 Å². The first-order valence-electron chi connectivity index (χ1n) is 9.76. The number of hydrogen-bond donors (Lipinski definition) is 1. The summed E-state index contributed by atoms with van der Waals surface area (Å²) in [4.78, 5) is 39.1. The lowest BCUT2D eigenvalue weighted by molar-refractivity contribution is -0.133. The normalized spacial score (nSPS) is 10.9. The van der Waals surface area contributed by atoms with Crippen LogP contribution in [0.1, 0.15) is 19.4 Å². The quantitative estimate of drug-likeness (QED) is 0.669. The molecule has 1 N–H and O–H groups in total. The maximum atomic E-state index is 12.7. The summed E-state index contributed by atoms with van der Waals surface area (Å²) in [7, 11) is 1.57. The van der Waals surface area contributed by atoms with Crippen molar-refractivity contribution in [3.63, 3.8) is 0 Å². The Kier molecular flexibility index (Phi) is 6.16. The number of rotatable bonds is 7. The van der Waals surface area contributed by atoms with Gasteiger partial charge in [-0.3, -0.25) is 18.7 Å². The molecule has 7 nitrogen and oxygen atoms in total. The minimum absolute atomic E-state index is 0.0853. The Morgan fingerprint density at radius 3 is 2.24 bits per heavy atom. The van der Waals surface area contributed by atoms with Gasteiger partial charge in [-0.2, -0.15) is 0 Å². The predicted molar refractivity (Wildman–Crippen MR) is 114 cm³/mol. The van der Waals surface area contributed by atoms with Crippen molar-refractivity contribution in [2.75, 3.05) is 18.9 Å². The number of likely N-dealkylation sites (N-methyl/N-ethyl adjacent to an activating group) is 1. The Balaban J connectivity index is 1.71. The van der Waals surface area contributed by atoms with Crippen LogP contribution in [0.25, 0.3) is 11.0 Å². The molecule has 0 aliphatic heterocycles. The van der Waals surface area contributed by atoms with E-state index in [0.29, 0.717) is 12.1 Å². The van der Waals surface area contributed by atoms with Crippen LogP contribution in [0.5, 0.6) is 0 Å². The Bertz CT molecular complexity index is 1100. The number of aryl methyl sites for hydroxylation is 2. The van der Waals surface area contributed by atoms with E-state index in [4.69, 9.17) is 0 Å². The van der Waals surface area contributed by atoms with Gasteiger partial charge in [0.05, 0.1) is 17.6 Å². The van der Waals surface area contributed by atoms with Gasteiger partial charge in [0.15, 0.2) is 0 Å². The zero-order chi connectivity index (χ0) is 21.0. The maximum absolute atomic E-state index is 12.7. The zero-order valence-electron chi connectivity index (χ0n) is 17.0. The molecule has 0 radical (unpaired) electrons. The molecule has 0 saturated carbocycles. The molecule has 2 amide bonds. The molecular formula is C22H26N4O3. The number of carbonyl (C=O) groups excluding carboxylic acids is 2. The lowest BCUT2D eigenvalue weighted by Crippen LogP contribution is -2.38. The molecule has 2 aromatic carbocycles. The molecule has 0 fully saturated rings. The average Bonchev–Trinajstić information content (AvgIpc) is 2.99. The largest absolute Gasteiger partial charge is 0.335 e. The van der Waals surface area contributed by atoms with Crippen molar-refractivity contribution < 1.29 is 9.59 Å². The average molecular weight is 394 g/mol. The summed E-state index contributed by atoms with van der Waals surface area (Å²) >= 11 is 0. The molecule has 3 rings (SSSR count). The van der Waals surface area contributed by atoms with Crippen molar-refractivity contribution in [1.29, 1.82) is 0 Å². The van der Waals surface area contributed by atoms with Crippen molar-refractivity contribution in [3.8, 4) is 0 Å². The number of fused-ring (bicyclic) bond motifs is 1. The second-order valence-electron chi connectivity index (χ2n) is 6.91. The van der Waals surface area contributed by atoms with Gasteiger partial charge in [0.25, 0.3) is 0 Å². The molecule has 0 aliphatic carbocycles. The molecule has 1 heterocycles. The van der Waals surface area contributed by atoms with Crippen molar-refractivity contribution >= 4 is 28.5 Å². The van der Waals surface area contributed by atoms with Gasteiger partial charge >= 0.3 is 5.69 Å². The molecule has 3 aromatic rings. The number of hydrogen-bond acceptors (Lipinski definition) is 3. The molecule has 7 heteroatoms. The highest BCUT2D eigenvalue weighted by Gasteiger charge is 2.18. The Morgan fingerprint density at radius 2 is 1.59 bits per heavy atom. The minimum atomic E-state index is -0.301. The number of aromatic nitrogens is 2. The highest BCUT2D eigenvalue weighted by atomic mass is 16.2. The van der Waals surface area contributed by atoms with Gasteiger partial charge in [0, 0.05) is 19.3 Å². The van der Waals surface area contributed by atoms with Gasteiger partial charge in [-0.05, 0) is 37.1 Å². The van der Waals surface area contributed by atoms with E-state index in [-0.39, 0.29) is 30.6 Å². The van der Waals surface area contributed by atoms with Crippen LogP contribution in [0.2, 0.25) is 0 Å². The molecule has 1 aromatic heterocycles. The summed E-state index contributed by atoms with van der Waals surface area (Å²) < 4.78 is 3.10. The smallest absolute Gasteiger partial charge is 0.329 e. The number of anilines is 1. The van der Waals surface area contributed by atoms with Gasteiger partial charge in [-0.1, -0.05) is 37.3 Å². The fraction of sp³-hybridized carbons (Fsp3) is 0.318. The van der Waals surface area contributed by atoms with Gasteiger partial charge in [-0.25, -0.2) is 4.79 Å². The van der Waals surface area contributed by atoms with E-state index in [1.165, 1.54) is 9.47 Å². The van der Waals surface area contributed by atoms with Gasteiger partial charge in [0.2, 0.25) is 11.8 Å². The summed E-state index contributed by atoms with van der Waals surface area (Å²) in [5.41, 5.74) is 3.07. The van der Waals surface area contributed by atoms with Crippen LogP contribution >= 0.6 is 0 Å². The number of nitrogens with zero attached hydrogens (tertiary/aromatic N) is 3. The number of para-hydroxylation sites is 3. The van der Waals surface area contributed by atoms with Crippen LogP contribution in [-0.2, 0) is 29.1 Å². The summed E-state index contributed by atoms with van der Waals surface area (Å²) in [6.45, 7) is 4.24. The Hall–Kier alpha value is -3.35. The third-order valence-electron chi connectivity index (χ3n) is 5.01. The summed E-state index contributed by atoms with van der Waals surface area (Å²) in [5, 5.41) is 2.86. The number of benzene rings is 2. The molecule has 0 unspecified atom stereocenters. The van der Waals surface area contributed by atoms with Crippen LogP contribution in [0.15, 0.2) is 53.3 Å². The minimum Gasteiger partial charge on any atom is -0.335 e. The monoisotopic (exact) mass is 394 g/mol. The number of carbonyl (C=O) groups is 2. The second-order valence-corrected chi connectivity index (χ2v) is 6.91. The Morgan fingerprint density at radius 1 is 0.966 bits per heavy atom. The first-order chi connectivity index (χ1) is 14.0. The van der Waals surface area contributed by atoms with E-state index < -0.39 is 0 Å². The third kappa shape index (κ3) is 4.23. The summed E-state index contributed by atoms with van der Waals surface area (Å²) in [6, 6.07) is 15.0. The molecule has 0 atom stereocenters. The predicted octanol–water partition coefficient (Wildman–Crippen LogP) is 2.48. The van der Waals surface area contributed by atoms with E-state index in [1.807, 2.05) is 62.4 Å². The van der Waals surface area contributed by atoms with Crippen molar-refractivity contribution in [3.05, 3.63) is 64.6 Å². The topological polar surface area (TPSA) is 76.3 Å². The number of nitrogens with one attached hydrogen (secondary N) is 1. The first-order valence-corrected chi connectivity index (χ1v) is 9.76. The molecule has 0 saturated heterocycles. The van der Waals surface area contributed by atoms with Gasteiger partial charge in [-0.15, -0.1) is 0 Å². The summed E-state index contributed by atoms with van der Waals surface area (Å²) in [6.07, 6.45) is 0.801. The van der Waals surface area contributed by atoms with Gasteiger partial charge < -0.3 is 10.2 Å². The molecule has 0 spiro atoms. The third-order valence-corrected chi connectivity index (χ3v) is 5.01. The van der Waals surface area contributed by atoms with Crippen LogP contribution in [0.3, 0.4) is 0 Å². The highest BCUT2D eigenvalue weighted by molar-refractivity contribution is 5.95. The van der Waals surface area contributed by atoms with E-state index >= 15 is 0 Å². The standard InChI is InChI=1S/C22H26N4O3/c1-4-16-10-6-7-11-17(16)23-20(27)14-24(3)21(28)15-26-19-13-9-8-12-18(19)25(5-2)22(26)29/h6-13H,4-5,14-15H2,1-3H3,(H,23,27). The molecule has 0 bridgehead atoms. The Labute approximate surface area is 169 Å². The van der Waals surface area contributed by atoms with Crippen molar-refractivity contribution in [2.24, 2.45) is 0 Å². The van der Waals surface area contributed by atoms with Crippen LogP contribution < -0.4 is 11.0 Å². The molecule has 0 aliphatic rings.